The van der Waals surface area contributed by atoms with Crippen LogP contribution in [0.25, 0.3) is 0 Å². The number of thiazole rings is 1. The standard InChI is InChI=1S/C15H21N5O2S/c1-3-14-20-11(8-23-14)4-5-17-15(22)13(19-10(2)21)6-12-7-16-9-18-12/h7-9,13H,3-6H2,1-2H3,(H,16,18)(H,17,22)(H,19,21)/t13-/m0/s1. The zero-order valence-corrected chi connectivity index (χ0v) is 14.1. The first-order valence-electron chi connectivity index (χ1n) is 7.53. The van der Waals surface area contributed by atoms with Gasteiger partial charge >= 0.3 is 0 Å². The van der Waals surface area contributed by atoms with Gasteiger partial charge in [-0.25, -0.2) is 9.97 Å². The van der Waals surface area contributed by atoms with Gasteiger partial charge in [0.2, 0.25) is 11.8 Å². The smallest absolute Gasteiger partial charge is 0.242 e. The number of carbonyl (C=O) groups is 2. The van der Waals surface area contributed by atoms with E-state index in [0.29, 0.717) is 19.4 Å². The Morgan fingerprint density at radius 2 is 2.26 bits per heavy atom. The number of hydrogen-bond donors (Lipinski definition) is 3. The van der Waals surface area contributed by atoms with Crippen LogP contribution in [0.15, 0.2) is 17.9 Å². The zero-order valence-electron chi connectivity index (χ0n) is 13.3. The van der Waals surface area contributed by atoms with Crippen LogP contribution in [0.3, 0.4) is 0 Å². The molecule has 2 heterocycles. The Morgan fingerprint density at radius 1 is 1.43 bits per heavy atom. The summed E-state index contributed by atoms with van der Waals surface area (Å²) in [5.74, 6) is -0.447. The van der Waals surface area contributed by atoms with Crippen molar-refractivity contribution in [2.75, 3.05) is 6.54 Å². The first kappa shape index (κ1) is 17.1. The quantitative estimate of drug-likeness (QED) is 0.665. The van der Waals surface area contributed by atoms with E-state index in [2.05, 4.69) is 32.5 Å². The fraction of sp³-hybridized carbons (Fsp3) is 0.467. The van der Waals surface area contributed by atoms with Gasteiger partial charge in [0.15, 0.2) is 0 Å². The number of amides is 2. The number of imidazole rings is 1. The van der Waals surface area contributed by atoms with E-state index in [9.17, 15) is 9.59 Å². The van der Waals surface area contributed by atoms with Gasteiger partial charge in [0.25, 0.3) is 0 Å². The summed E-state index contributed by atoms with van der Waals surface area (Å²) in [5.41, 5.74) is 1.78. The van der Waals surface area contributed by atoms with Crippen molar-refractivity contribution in [1.82, 2.24) is 25.6 Å². The van der Waals surface area contributed by atoms with Gasteiger partial charge in [-0.15, -0.1) is 11.3 Å². The van der Waals surface area contributed by atoms with Gasteiger partial charge < -0.3 is 15.6 Å². The first-order valence-corrected chi connectivity index (χ1v) is 8.41. The molecule has 1 atom stereocenters. The number of nitrogens with one attached hydrogen (secondary N) is 3. The molecule has 23 heavy (non-hydrogen) atoms. The maximum atomic E-state index is 12.3. The molecule has 0 saturated carbocycles. The molecule has 0 radical (unpaired) electrons. The molecule has 0 aliphatic carbocycles. The molecule has 0 bridgehead atoms. The van der Waals surface area contributed by atoms with Gasteiger partial charge in [-0.1, -0.05) is 6.92 Å². The lowest BCUT2D eigenvalue weighted by atomic mass is 10.1. The van der Waals surface area contributed by atoms with Crippen LogP contribution in [0.4, 0.5) is 0 Å². The summed E-state index contributed by atoms with van der Waals surface area (Å²) < 4.78 is 0. The van der Waals surface area contributed by atoms with Crippen LogP contribution in [0.5, 0.6) is 0 Å². The van der Waals surface area contributed by atoms with Gasteiger partial charge in [-0.05, 0) is 6.42 Å². The molecule has 2 amide bonds. The Morgan fingerprint density at radius 3 is 2.87 bits per heavy atom. The highest BCUT2D eigenvalue weighted by molar-refractivity contribution is 7.09. The van der Waals surface area contributed by atoms with E-state index >= 15 is 0 Å². The minimum absolute atomic E-state index is 0.208. The molecule has 7 nitrogen and oxygen atoms in total. The number of aromatic nitrogens is 3. The van der Waals surface area contributed by atoms with Gasteiger partial charge in [-0.2, -0.15) is 0 Å². The van der Waals surface area contributed by atoms with E-state index in [0.717, 1.165) is 22.8 Å². The SMILES string of the molecule is CCc1nc(CCNC(=O)[C@H](Cc2cnc[nH]2)NC(C)=O)cs1. The molecule has 2 rings (SSSR count). The number of aryl methyl sites for hydroxylation is 1. The van der Waals surface area contributed by atoms with Crippen LogP contribution in [0.2, 0.25) is 0 Å². The molecule has 3 N–H and O–H groups in total. The normalized spacial score (nSPS) is 11.9. The highest BCUT2D eigenvalue weighted by Gasteiger charge is 2.20. The van der Waals surface area contributed by atoms with Crippen molar-refractivity contribution in [2.45, 2.75) is 39.2 Å². The summed E-state index contributed by atoms with van der Waals surface area (Å²) in [5, 5.41) is 8.63. The van der Waals surface area contributed by atoms with Crippen molar-refractivity contribution >= 4 is 23.2 Å². The molecule has 0 aliphatic rings. The van der Waals surface area contributed by atoms with Crippen molar-refractivity contribution in [3.63, 3.8) is 0 Å². The topological polar surface area (TPSA) is 99.8 Å². The molecule has 2 aromatic rings. The number of aromatic amines is 1. The lowest BCUT2D eigenvalue weighted by Crippen LogP contribution is -2.47. The highest BCUT2D eigenvalue weighted by Crippen LogP contribution is 2.10. The van der Waals surface area contributed by atoms with Gasteiger partial charge in [0, 0.05) is 43.6 Å². The second kappa shape index (κ2) is 8.42. The molecule has 0 spiro atoms. The lowest BCUT2D eigenvalue weighted by Gasteiger charge is -2.16. The van der Waals surface area contributed by atoms with E-state index in [1.165, 1.54) is 6.92 Å². The Balaban J connectivity index is 1.85. The van der Waals surface area contributed by atoms with Crippen LogP contribution in [-0.2, 0) is 28.9 Å². The number of nitrogens with zero attached hydrogens (tertiary/aromatic N) is 2. The molecule has 0 fully saturated rings. The fourth-order valence-electron chi connectivity index (χ4n) is 2.13. The third kappa shape index (κ3) is 5.48. The minimum Gasteiger partial charge on any atom is -0.354 e. The Bertz CT molecular complexity index is 638. The summed E-state index contributed by atoms with van der Waals surface area (Å²) in [6.07, 6.45) is 5.17. The molecule has 0 unspecified atom stereocenters. The summed E-state index contributed by atoms with van der Waals surface area (Å²) in [6.45, 7) is 3.96. The average Bonchev–Trinajstić information content (AvgIpc) is 3.17. The minimum atomic E-state index is -0.616. The molecule has 0 aliphatic heterocycles. The summed E-state index contributed by atoms with van der Waals surface area (Å²) >= 11 is 1.63. The maximum Gasteiger partial charge on any atom is 0.242 e. The van der Waals surface area contributed by atoms with E-state index < -0.39 is 6.04 Å². The van der Waals surface area contributed by atoms with Crippen LogP contribution in [-0.4, -0.2) is 39.4 Å². The third-order valence-electron chi connectivity index (χ3n) is 3.26. The summed E-state index contributed by atoms with van der Waals surface area (Å²) in [7, 11) is 0. The Kier molecular flexibility index (Phi) is 6.28. The molecular formula is C15H21N5O2S. The van der Waals surface area contributed by atoms with Crippen molar-refractivity contribution in [2.24, 2.45) is 0 Å². The summed E-state index contributed by atoms with van der Waals surface area (Å²) in [4.78, 5) is 34.9. The fourth-order valence-corrected chi connectivity index (χ4v) is 2.91. The molecule has 124 valence electrons. The Hall–Kier alpha value is -2.22. The van der Waals surface area contributed by atoms with Crippen LogP contribution in [0.1, 0.15) is 30.2 Å². The van der Waals surface area contributed by atoms with Crippen molar-refractivity contribution in [1.29, 1.82) is 0 Å². The molecule has 2 aromatic heterocycles. The van der Waals surface area contributed by atoms with E-state index in [1.807, 2.05) is 5.38 Å². The second-order valence-electron chi connectivity index (χ2n) is 5.16. The predicted molar refractivity (Wildman–Crippen MR) is 88.1 cm³/mol. The van der Waals surface area contributed by atoms with Crippen LogP contribution in [0, 0.1) is 0 Å². The van der Waals surface area contributed by atoms with Crippen molar-refractivity contribution < 1.29 is 9.59 Å². The number of H-pyrrole nitrogens is 1. The van der Waals surface area contributed by atoms with Crippen LogP contribution >= 0.6 is 11.3 Å². The molecular weight excluding hydrogens is 314 g/mol. The predicted octanol–water partition coefficient (Wildman–Crippen LogP) is 0.835. The largest absolute Gasteiger partial charge is 0.354 e. The summed E-state index contributed by atoms with van der Waals surface area (Å²) in [6, 6.07) is -0.616. The second-order valence-corrected chi connectivity index (χ2v) is 6.10. The monoisotopic (exact) mass is 335 g/mol. The van der Waals surface area contributed by atoms with Gasteiger partial charge in [0.1, 0.15) is 6.04 Å². The molecule has 8 heteroatoms. The van der Waals surface area contributed by atoms with E-state index in [1.54, 1.807) is 23.9 Å². The number of carbonyl (C=O) groups excluding carboxylic acids is 2. The van der Waals surface area contributed by atoms with E-state index in [-0.39, 0.29) is 11.8 Å². The maximum absolute atomic E-state index is 12.3. The number of hydrogen-bond acceptors (Lipinski definition) is 5. The molecule has 0 aromatic carbocycles. The zero-order chi connectivity index (χ0) is 16.7. The van der Waals surface area contributed by atoms with Crippen LogP contribution < -0.4 is 10.6 Å². The van der Waals surface area contributed by atoms with Crippen molar-refractivity contribution in [3.05, 3.63) is 34.3 Å². The lowest BCUT2D eigenvalue weighted by molar-refractivity contribution is -0.128. The first-order chi connectivity index (χ1) is 11.1. The van der Waals surface area contributed by atoms with Gasteiger partial charge in [0.05, 0.1) is 17.0 Å². The van der Waals surface area contributed by atoms with Crippen molar-refractivity contribution in [3.8, 4) is 0 Å². The third-order valence-corrected chi connectivity index (χ3v) is 4.30. The highest BCUT2D eigenvalue weighted by atomic mass is 32.1. The van der Waals surface area contributed by atoms with Gasteiger partial charge in [-0.3, -0.25) is 9.59 Å². The average molecular weight is 335 g/mol. The Labute approximate surface area is 138 Å². The number of rotatable bonds is 8. The van der Waals surface area contributed by atoms with E-state index in [4.69, 9.17) is 0 Å². The molecule has 0 saturated heterocycles.